The Morgan fingerprint density at radius 2 is 1.50 bits per heavy atom. The van der Waals surface area contributed by atoms with Gasteiger partial charge in [0.1, 0.15) is 0 Å². The van der Waals surface area contributed by atoms with Gasteiger partial charge in [-0.2, -0.15) is 0 Å². The van der Waals surface area contributed by atoms with E-state index in [1.54, 1.807) is 12.1 Å². The van der Waals surface area contributed by atoms with Crippen molar-refractivity contribution in [2.24, 2.45) is 10.2 Å². The van der Waals surface area contributed by atoms with E-state index in [4.69, 9.17) is 0 Å². The zero-order valence-corrected chi connectivity index (χ0v) is 9.58. The summed E-state index contributed by atoms with van der Waals surface area (Å²) in [5.74, 6) is 0. The molecule has 0 aliphatic heterocycles. The maximum Gasteiger partial charge on any atom is 0.378 e. The zero-order chi connectivity index (χ0) is 12.6. The Balaban J connectivity index is 1.84. The van der Waals surface area contributed by atoms with Gasteiger partial charge in [0.2, 0.25) is 0 Å². The lowest BCUT2D eigenvalue weighted by Gasteiger charge is -2.04. The molecule has 0 unspecified atom stereocenters. The number of hydrogen-bond donors (Lipinski definition) is 2. The summed E-state index contributed by atoms with van der Waals surface area (Å²) >= 11 is 0. The van der Waals surface area contributed by atoms with Gasteiger partial charge in [0.25, 0.3) is 0 Å². The third-order valence-electron chi connectivity index (χ3n) is 2.10. The first-order valence-electron chi connectivity index (χ1n) is 5.42. The number of hydrogen-bond acceptors (Lipinski definition) is 3. The molecule has 0 spiro atoms. The fraction of sp³-hybridized carbons (Fsp3) is 0. The molecule has 5 nitrogen and oxygen atoms in total. The van der Waals surface area contributed by atoms with Gasteiger partial charge in [-0.1, -0.05) is 41.5 Å². The standard InChI is InChI=1S/C13H12N4O/c18-13(16-14-11-7-3-1-4-8-11)17-15-12-9-5-2-6-10-12/h1-10,14H,(H,16,18)/b17-15-. The summed E-state index contributed by atoms with van der Waals surface area (Å²) in [6, 6.07) is 17.8. The second-order valence-corrected chi connectivity index (χ2v) is 3.46. The van der Waals surface area contributed by atoms with Gasteiger partial charge in [0.15, 0.2) is 0 Å². The van der Waals surface area contributed by atoms with Crippen molar-refractivity contribution in [3.8, 4) is 0 Å². The molecule has 90 valence electrons. The summed E-state index contributed by atoms with van der Waals surface area (Å²) in [6.07, 6.45) is 0. The van der Waals surface area contributed by atoms with E-state index in [0.717, 1.165) is 5.69 Å². The molecule has 0 aliphatic carbocycles. The van der Waals surface area contributed by atoms with Crippen molar-refractivity contribution >= 4 is 17.4 Å². The SMILES string of the molecule is O=C(/N=N\c1ccccc1)NNc1ccccc1. The van der Waals surface area contributed by atoms with E-state index in [9.17, 15) is 4.79 Å². The summed E-state index contributed by atoms with van der Waals surface area (Å²) < 4.78 is 0. The molecular weight excluding hydrogens is 228 g/mol. The number of anilines is 1. The highest BCUT2D eigenvalue weighted by Crippen LogP contribution is 2.09. The third kappa shape index (κ3) is 3.71. The topological polar surface area (TPSA) is 65.8 Å². The maximum absolute atomic E-state index is 11.4. The van der Waals surface area contributed by atoms with Crippen molar-refractivity contribution < 1.29 is 4.79 Å². The van der Waals surface area contributed by atoms with Gasteiger partial charge < -0.3 is 0 Å². The van der Waals surface area contributed by atoms with Crippen LogP contribution in [0.25, 0.3) is 0 Å². The monoisotopic (exact) mass is 240 g/mol. The molecule has 18 heavy (non-hydrogen) atoms. The van der Waals surface area contributed by atoms with Crippen LogP contribution in [0.1, 0.15) is 0 Å². The van der Waals surface area contributed by atoms with Crippen molar-refractivity contribution in [2.45, 2.75) is 0 Å². The van der Waals surface area contributed by atoms with Crippen LogP contribution in [0.2, 0.25) is 0 Å². The molecule has 0 atom stereocenters. The number of nitrogens with one attached hydrogen (secondary N) is 2. The molecule has 0 fully saturated rings. The lowest BCUT2D eigenvalue weighted by atomic mass is 10.3. The van der Waals surface area contributed by atoms with Gasteiger partial charge in [-0.3, -0.25) is 5.43 Å². The van der Waals surface area contributed by atoms with Gasteiger partial charge in [0.05, 0.1) is 11.4 Å². The number of urea groups is 1. The van der Waals surface area contributed by atoms with Gasteiger partial charge >= 0.3 is 6.03 Å². The van der Waals surface area contributed by atoms with Crippen LogP contribution in [-0.4, -0.2) is 6.03 Å². The number of carbonyl (C=O) groups is 1. The Labute approximate surface area is 105 Å². The van der Waals surface area contributed by atoms with Gasteiger partial charge in [-0.25, -0.2) is 10.2 Å². The van der Waals surface area contributed by atoms with Crippen LogP contribution in [0.4, 0.5) is 16.2 Å². The van der Waals surface area contributed by atoms with E-state index in [2.05, 4.69) is 21.1 Å². The minimum Gasteiger partial charge on any atom is -0.297 e. The molecule has 2 aromatic rings. The molecule has 2 rings (SSSR count). The predicted molar refractivity (Wildman–Crippen MR) is 69.6 cm³/mol. The Morgan fingerprint density at radius 3 is 2.17 bits per heavy atom. The van der Waals surface area contributed by atoms with E-state index in [0.29, 0.717) is 5.69 Å². The number of benzene rings is 2. The van der Waals surface area contributed by atoms with Crippen molar-refractivity contribution in [1.82, 2.24) is 5.43 Å². The number of azo groups is 1. The van der Waals surface area contributed by atoms with Gasteiger partial charge in [-0.15, -0.1) is 5.11 Å². The van der Waals surface area contributed by atoms with Crippen molar-refractivity contribution in [3.63, 3.8) is 0 Å². The Bertz CT molecular complexity index is 525. The molecule has 0 saturated heterocycles. The lowest BCUT2D eigenvalue weighted by Crippen LogP contribution is -2.25. The first kappa shape index (κ1) is 11.8. The van der Waals surface area contributed by atoms with Crippen LogP contribution in [-0.2, 0) is 0 Å². The molecule has 0 radical (unpaired) electrons. The molecule has 2 N–H and O–H groups in total. The molecule has 0 aliphatic rings. The van der Waals surface area contributed by atoms with Crippen LogP contribution in [0.15, 0.2) is 70.9 Å². The summed E-state index contributed by atoms with van der Waals surface area (Å²) in [4.78, 5) is 11.4. The average Bonchev–Trinajstić information content (AvgIpc) is 2.45. The number of amides is 2. The highest BCUT2D eigenvalue weighted by atomic mass is 16.2. The Hall–Kier alpha value is -2.69. The summed E-state index contributed by atoms with van der Waals surface area (Å²) in [5, 5.41) is 7.31. The Kier molecular flexibility index (Phi) is 4.02. The van der Waals surface area contributed by atoms with Crippen LogP contribution in [0.3, 0.4) is 0 Å². The minimum absolute atomic E-state index is 0.553. The highest BCUT2D eigenvalue weighted by molar-refractivity contribution is 5.76. The second kappa shape index (κ2) is 6.15. The summed E-state index contributed by atoms with van der Waals surface area (Å²) in [6.45, 7) is 0. The first-order valence-corrected chi connectivity index (χ1v) is 5.42. The zero-order valence-electron chi connectivity index (χ0n) is 9.58. The highest BCUT2D eigenvalue weighted by Gasteiger charge is 1.96. The average molecular weight is 240 g/mol. The van der Waals surface area contributed by atoms with E-state index >= 15 is 0 Å². The largest absolute Gasteiger partial charge is 0.378 e. The molecule has 2 amide bonds. The molecule has 0 heterocycles. The maximum atomic E-state index is 11.4. The minimum atomic E-state index is -0.553. The molecule has 0 bridgehead atoms. The van der Waals surface area contributed by atoms with E-state index < -0.39 is 6.03 Å². The third-order valence-corrected chi connectivity index (χ3v) is 2.10. The summed E-state index contributed by atoms with van der Waals surface area (Å²) in [7, 11) is 0. The quantitative estimate of drug-likeness (QED) is 0.636. The van der Waals surface area contributed by atoms with E-state index in [1.807, 2.05) is 48.5 Å². The molecular formula is C13H12N4O. The molecule has 2 aromatic carbocycles. The van der Waals surface area contributed by atoms with E-state index in [-0.39, 0.29) is 0 Å². The number of carbonyl (C=O) groups excluding carboxylic acids is 1. The van der Waals surface area contributed by atoms with Crippen LogP contribution >= 0.6 is 0 Å². The van der Waals surface area contributed by atoms with Crippen LogP contribution in [0, 0.1) is 0 Å². The smallest absolute Gasteiger partial charge is 0.297 e. The Morgan fingerprint density at radius 1 is 0.889 bits per heavy atom. The van der Waals surface area contributed by atoms with E-state index in [1.165, 1.54) is 0 Å². The van der Waals surface area contributed by atoms with Gasteiger partial charge in [0, 0.05) is 0 Å². The van der Waals surface area contributed by atoms with Crippen molar-refractivity contribution in [1.29, 1.82) is 0 Å². The number of hydrazine groups is 1. The van der Waals surface area contributed by atoms with Crippen molar-refractivity contribution in [2.75, 3.05) is 5.43 Å². The summed E-state index contributed by atoms with van der Waals surface area (Å²) in [5.41, 5.74) is 6.56. The first-order chi connectivity index (χ1) is 8.84. The number of para-hydroxylation sites is 1. The number of nitrogens with zero attached hydrogens (tertiary/aromatic N) is 2. The molecule has 0 aromatic heterocycles. The molecule has 5 heteroatoms. The van der Waals surface area contributed by atoms with Crippen molar-refractivity contribution in [3.05, 3.63) is 60.7 Å². The normalized spacial score (nSPS) is 10.2. The fourth-order valence-corrected chi connectivity index (χ4v) is 1.27. The number of rotatable bonds is 3. The van der Waals surface area contributed by atoms with Crippen LogP contribution in [0.5, 0.6) is 0 Å². The lowest BCUT2D eigenvalue weighted by molar-refractivity contribution is 0.249. The predicted octanol–water partition coefficient (Wildman–Crippen LogP) is 3.51. The van der Waals surface area contributed by atoms with Gasteiger partial charge in [-0.05, 0) is 24.3 Å². The molecule has 0 saturated carbocycles. The van der Waals surface area contributed by atoms with Crippen LogP contribution < -0.4 is 10.9 Å². The second-order valence-electron chi connectivity index (χ2n) is 3.46. The fourth-order valence-electron chi connectivity index (χ4n) is 1.27.